The van der Waals surface area contributed by atoms with Crippen molar-refractivity contribution in [3.05, 3.63) is 58.8 Å². The number of amides is 1. The Labute approximate surface area is 173 Å². The molecule has 5 nitrogen and oxygen atoms in total. The predicted molar refractivity (Wildman–Crippen MR) is 112 cm³/mol. The SMILES string of the molecule is Cl.O=C(O)N(c1ccc(Br)cc1)C1C2CCN(CC2)C1Cc1cccnc1. The van der Waals surface area contributed by atoms with E-state index in [1.807, 2.05) is 36.5 Å². The summed E-state index contributed by atoms with van der Waals surface area (Å²) < 4.78 is 0.951. The van der Waals surface area contributed by atoms with Gasteiger partial charge in [0.1, 0.15) is 0 Å². The van der Waals surface area contributed by atoms with E-state index in [1.54, 1.807) is 11.1 Å². The van der Waals surface area contributed by atoms with Gasteiger partial charge >= 0.3 is 6.09 Å². The largest absolute Gasteiger partial charge is 0.465 e. The van der Waals surface area contributed by atoms with Gasteiger partial charge in [0.15, 0.2) is 0 Å². The standard InChI is InChI=1S/C20H22BrN3O2.ClH/c21-16-3-5-17(6-4-16)24(20(25)26)19-15-7-10-23(11-8-15)18(19)12-14-2-1-9-22-13-14;/h1-6,9,13,15,18-19H,7-8,10-12H2,(H,25,26);1H. The number of halogens is 2. The van der Waals surface area contributed by atoms with Gasteiger partial charge in [-0.1, -0.05) is 22.0 Å². The summed E-state index contributed by atoms with van der Waals surface area (Å²) in [4.78, 5) is 20.5. The van der Waals surface area contributed by atoms with Crippen LogP contribution in [-0.4, -0.2) is 46.3 Å². The van der Waals surface area contributed by atoms with E-state index in [1.165, 1.54) is 0 Å². The van der Waals surface area contributed by atoms with Crippen molar-refractivity contribution < 1.29 is 9.90 Å². The normalized spacial score (nSPS) is 26.3. The smallest absolute Gasteiger partial charge is 0.412 e. The number of aromatic nitrogens is 1. The molecule has 3 aliphatic rings. The second-order valence-corrected chi connectivity index (χ2v) is 8.04. The van der Waals surface area contributed by atoms with E-state index >= 15 is 0 Å². The molecule has 4 heterocycles. The number of hydrogen-bond acceptors (Lipinski definition) is 3. The van der Waals surface area contributed by atoms with Crippen LogP contribution in [0.4, 0.5) is 10.5 Å². The molecule has 3 fully saturated rings. The highest BCUT2D eigenvalue weighted by atomic mass is 79.9. The van der Waals surface area contributed by atoms with Crippen LogP contribution in [0.3, 0.4) is 0 Å². The van der Waals surface area contributed by atoms with Crippen molar-refractivity contribution in [2.24, 2.45) is 5.92 Å². The number of rotatable bonds is 4. The van der Waals surface area contributed by atoms with Crippen LogP contribution in [0.15, 0.2) is 53.3 Å². The minimum absolute atomic E-state index is 0. The Morgan fingerprint density at radius 2 is 1.93 bits per heavy atom. The second kappa shape index (κ2) is 8.59. The number of benzene rings is 1. The maximum absolute atomic E-state index is 12.2. The third kappa shape index (κ3) is 4.13. The van der Waals surface area contributed by atoms with Crippen LogP contribution in [-0.2, 0) is 6.42 Å². The zero-order valence-corrected chi connectivity index (χ0v) is 17.3. The lowest BCUT2D eigenvalue weighted by Gasteiger charge is -2.54. The molecule has 3 saturated heterocycles. The molecular weight excluding hydrogens is 430 g/mol. The van der Waals surface area contributed by atoms with E-state index in [2.05, 4.69) is 31.9 Å². The van der Waals surface area contributed by atoms with Crippen LogP contribution in [0.1, 0.15) is 18.4 Å². The maximum atomic E-state index is 12.2. The maximum Gasteiger partial charge on any atom is 0.412 e. The predicted octanol–water partition coefficient (Wildman–Crippen LogP) is 4.46. The highest BCUT2D eigenvalue weighted by molar-refractivity contribution is 9.10. The summed E-state index contributed by atoms with van der Waals surface area (Å²) in [5, 5.41) is 10.0. The Morgan fingerprint density at radius 3 is 2.52 bits per heavy atom. The third-order valence-electron chi connectivity index (χ3n) is 5.70. The van der Waals surface area contributed by atoms with Crippen molar-refractivity contribution in [1.29, 1.82) is 0 Å². The summed E-state index contributed by atoms with van der Waals surface area (Å²) in [7, 11) is 0. The number of hydrogen-bond donors (Lipinski definition) is 1. The fraction of sp³-hybridized carbons (Fsp3) is 0.400. The zero-order valence-electron chi connectivity index (χ0n) is 14.9. The van der Waals surface area contributed by atoms with Crippen LogP contribution in [0, 0.1) is 5.92 Å². The highest BCUT2D eigenvalue weighted by Crippen LogP contribution is 2.39. The van der Waals surface area contributed by atoms with Crippen LogP contribution in [0.5, 0.6) is 0 Å². The van der Waals surface area contributed by atoms with Gasteiger partial charge in [0.05, 0.1) is 6.04 Å². The van der Waals surface area contributed by atoms with E-state index in [-0.39, 0.29) is 24.5 Å². The van der Waals surface area contributed by atoms with Gasteiger partial charge in [0.25, 0.3) is 0 Å². The first-order valence-corrected chi connectivity index (χ1v) is 9.83. The summed E-state index contributed by atoms with van der Waals surface area (Å²) in [6.07, 6.45) is 5.76. The van der Waals surface area contributed by atoms with E-state index in [9.17, 15) is 9.90 Å². The molecule has 0 radical (unpaired) electrons. The van der Waals surface area contributed by atoms with Crippen LogP contribution in [0.2, 0.25) is 0 Å². The molecule has 27 heavy (non-hydrogen) atoms. The monoisotopic (exact) mass is 451 g/mol. The number of anilines is 1. The fourth-order valence-corrected chi connectivity index (χ4v) is 4.79. The average molecular weight is 453 g/mol. The molecule has 2 unspecified atom stereocenters. The summed E-state index contributed by atoms with van der Waals surface area (Å²) >= 11 is 3.44. The van der Waals surface area contributed by atoms with Gasteiger partial charge in [-0.15, -0.1) is 12.4 Å². The van der Waals surface area contributed by atoms with Gasteiger partial charge in [-0.05, 0) is 74.2 Å². The quantitative estimate of drug-likeness (QED) is 0.744. The Hall–Kier alpha value is -1.63. The highest BCUT2D eigenvalue weighted by Gasteiger charge is 2.46. The van der Waals surface area contributed by atoms with E-state index < -0.39 is 6.09 Å². The fourth-order valence-electron chi connectivity index (χ4n) is 4.53. The van der Waals surface area contributed by atoms with Gasteiger partial charge in [0.2, 0.25) is 0 Å². The number of pyridine rings is 1. The van der Waals surface area contributed by atoms with Gasteiger partial charge in [-0.3, -0.25) is 14.8 Å². The molecule has 1 N–H and O–H groups in total. The summed E-state index contributed by atoms with van der Waals surface area (Å²) in [5.74, 6) is 0.404. The molecule has 0 saturated carbocycles. The Bertz CT molecular complexity index is 767. The topological polar surface area (TPSA) is 56.7 Å². The first-order valence-electron chi connectivity index (χ1n) is 9.04. The molecule has 7 heteroatoms. The number of carbonyl (C=O) groups is 1. The second-order valence-electron chi connectivity index (χ2n) is 7.13. The third-order valence-corrected chi connectivity index (χ3v) is 6.23. The molecule has 2 aromatic rings. The Morgan fingerprint density at radius 1 is 1.22 bits per heavy atom. The number of carboxylic acid groups (broad SMARTS) is 1. The Balaban J connectivity index is 0.00000210. The lowest BCUT2D eigenvalue weighted by atomic mass is 9.76. The van der Waals surface area contributed by atoms with Crippen LogP contribution < -0.4 is 4.90 Å². The molecule has 2 bridgehead atoms. The van der Waals surface area contributed by atoms with Gasteiger partial charge in [0, 0.05) is 28.6 Å². The molecule has 3 aliphatic heterocycles. The molecule has 0 aliphatic carbocycles. The van der Waals surface area contributed by atoms with Gasteiger partial charge < -0.3 is 5.11 Å². The molecule has 5 rings (SSSR count). The first-order chi connectivity index (χ1) is 12.6. The molecular formula is C20H23BrClN3O2. The molecule has 1 aromatic heterocycles. The molecule has 1 aromatic carbocycles. The summed E-state index contributed by atoms with van der Waals surface area (Å²) in [6, 6.07) is 11.8. The van der Waals surface area contributed by atoms with Crippen molar-refractivity contribution in [2.45, 2.75) is 31.3 Å². The van der Waals surface area contributed by atoms with Crippen molar-refractivity contribution in [3.8, 4) is 0 Å². The lowest BCUT2D eigenvalue weighted by Crippen LogP contribution is -2.65. The van der Waals surface area contributed by atoms with Crippen molar-refractivity contribution in [3.63, 3.8) is 0 Å². The van der Waals surface area contributed by atoms with Crippen LogP contribution >= 0.6 is 28.3 Å². The molecule has 144 valence electrons. The number of piperidine rings is 3. The van der Waals surface area contributed by atoms with Crippen molar-refractivity contribution >= 4 is 40.1 Å². The molecule has 2 atom stereocenters. The minimum Gasteiger partial charge on any atom is -0.465 e. The van der Waals surface area contributed by atoms with E-state index in [0.29, 0.717) is 5.92 Å². The lowest BCUT2D eigenvalue weighted by molar-refractivity contribution is 0.0255. The average Bonchev–Trinajstić information content (AvgIpc) is 2.66. The molecule has 1 amide bonds. The van der Waals surface area contributed by atoms with Gasteiger partial charge in [-0.25, -0.2) is 4.79 Å². The van der Waals surface area contributed by atoms with Crippen LogP contribution in [0.25, 0.3) is 0 Å². The zero-order chi connectivity index (χ0) is 18.1. The van der Waals surface area contributed by atoms with E-state index in [4.69, 9.17) is 0 Å². The first kappa shape index (κ1) is 20.1. The van der Waals surface area contributed by atoms with Crippen molar-refractivity contribution in [1.82, 2.24) is 9.88 Å². The van der Waals surface area contributed by atoms with Gasteiger partial charge in [-0.2, -0.15) is 0 Å². The Kier molecular flexibility index (Phi) is 6.40. The minimum atomic E-state index is -0.873. The summed E-state index contributed by atoms with van der Waals surface area (Å²) in [6.45, 7) is 2.11. The number of nitrogens with zero attached hydrogens (tertiary/aromatic N) is 3. The van der Waals surface area contributed by atoms with Crippen molar-refractivity contribution in [2.75, 3.05) is 18.0 Å². The molecule has 0 spiro atoms. The summed E-state index contributed by atoms with van der Waals surface area (Å²) in [5.41, 5.74) is 1.91. The number of fused-ring (bicyclic) bond motifs is 3. The van der Waals surface area contributed by atoms with E-state index in [0.717, 1.165) is 48.1 Å².